The lowest BCUT2D eigenvalue weighted by Crippen LogP contribution is -2.43. The number of benzene rings is 1. The maximum absolute atomic E-state index is 11.2. The molecule has 1 aliphatic heterocycles. The fraction of sp³-hybridized carbons (Fsp3) is 0.562. The number of nitrogens with two attached hydrogens (primary N) is 1. The maximum atomic E-state index is 11.2. The van der Waals surface area contributed by atoms with Crippen molar-refractivity contribution in [3.8, 4) is 5.75 Å². The van der Waals surface area contributed by atoms with Gasteiger partial charge in [0.1, 0.15) is 17.5 Å². The van der Waals surface area contributed by atoms with Crippen molar-refractivity contribution in [1.29, 1.82) is 0 Å². The van der Waals surface area contributed by atoms with E-state index in [-0.39, 0.29) is 12.1 Å². The molecule has 0 saturated carbocycles. The third kappa shape index (κ3) is 3.60. The van der Waals surface area contributed by atoms with Gasteiger partial charge in [-0.1, -0.05) is 19.9 Å². The van der Waals surface area contributed by atoms with Crippen molar-refractivity contribution in [1.82, 2.24) is 0 Å². The van der Waals surface area contributed by atoms with Crippen LogP contribution < -0.4 is 15.4 Å². The van der Waals surface area contributed by atoms with Crippen molar-refractivity contribution in [2.45, 2.75) is 32.8 Å². The van der Waals surface area contributed by atoms with Gasteiger partial charge in [-0.25, -0.2) is 0 Å². The summed E-state index contributed by atoms with van der Waals surface area (Å²) in [4.78, 5) is 13.5. The van der Waals surface area contributed by atoms with Crippen LogP contribution in [0.1, 0.15) is 26.7 Å². The van der Waals surface area contributed by atoms with Crippen molar-refractivity contribution >= 4 is 17.3 Å². The molecule has 1 unspecified atom stereocenters. The number of ether oxygens (including phenoxy) is 2. The van der Waals surface area contributed by atoms with Gasteiger partial charge in [-0.3, -0.25) is 4.79 Å². The second-order valence-electron chi connectivity index (χ2n) is 5.72. The first-order valence-electron chi connectivity index (χ1n) is 7.39. The molecule has 0 saturated heterocycles. The fourth-order valence-corrected chi connectivity index (χ4v) is 2.55. The lowest BCUT2D eigenvalue weighted by Gasteiger charge is -2.38. The standard InChI is InChI=1S/C16H24N2O3/c1-11(2)14-10-18(9-5-8-15(19)20-3)16-12(17)6-4-7-13(16)21-14/h4,6-7,11,14H,5,8-10,17H2,1-3H3. The van der Waals surface area contributed by atoms with E-state index in [1.165, 1.54) is 7.11 Å². The Morgan fingerprint density at radius 3 is 2.95 bits per heavy atom. The number of rotatable bonds is 5. The van der Waals surface area contributed by atoms with E-state index in [0.717, 1.165) is 30.9 Å². The number of hydrogen-bond donors (Lipinski definition) is 1. The van der Waals surface area contributed by atoms with Gasteiger partial charge in [-0.15, -0.1) is 0 Å². The smallest absolute Gasteiger partial charge is 0.305 e. The van der Waals surface area contributed by atoms with Crippen LogP contribution in [-0.2, 0) is 9.53 Å². The van der Waals surface area contributed by atoms with Crippen LogP contribution in [0.5, 0.6) is 5.75 Å². The topological polar surface area (TPSA) is 64.8 Å². The molecule has 0 bridgehead atoms. The lowest BCUT2D eigenvalue weighted by molar-refractivity contribution is -0.140. The van der Waals surface area contributed by atoms with Crippen LogP contribution >= 0.6 is 0 Å². The molecule has 5 heteroatoms. The van der Waals surface area contributed by atoms with Crippen molar-refractivity contribution in [2.75, 3.05) is 30.8 Å². The third-order valence-electron chi connectivity index (χ3n) is 3.81. The molecule has 1 aliphatic rings. The van der Waals surface area contributed by atoms with Crippen LogP contribution in [0.2, 0.25) is 0 Å². The first-order valence-corrected chi connectivity index (χ1v) is 7.39. The molecule has 2 N–H and O–H groups in total. The predicted molar refractivity (Wildman–Crippen MR) is 83.6 cm³/mol. The lowest BCUT2D eigenvalue weighted by atomic mass is 10.0. The molecule has 0 aliphatic carbocycles. The Balaban J connectivity index is 2.13. The Hall–Kier alpha value is -1.91. The van der Waals surface area contributed by atoms with Gasteiger partial charge in [-0.05, 0) is 24.5 Å². The van der Waals surface area contributed by atoms with Crippen molar-refractivity contribution in [3.05, 3.63) is 18.2 Å². The fourth-order valence-electron chi connectivity index (χ4n) is 2.55. The number of para-hydroxylation sites is 1. The molecule has 116 valence electrons. The van der Waals surface area contributed by atoms with E-state index in [4.69, 9.17) is 10.5 Å². The third-order valence-corrected chi connectivity index (χ3v) is 3.81. The summed E-state index contributed by atoms with van der Waals surface area (Å²) in [5, 5.41) is 0. The molecule has 1 heterocycles. The van der Waals surface area contributed by atoms with Crippen LogP contribution in [-0.4, -0.2) is 32.3 Å². The second kappa shape index (κ2) is 6.70. The van der Waals surface area contributed by atoms with E-state index >= 15 is 0 Å². The Kier molecular flexibility index (Phi) is 4.94. The molecule has 2 rings (SSSR count). The average molecular weight is 292 g/mol. The van der Waals surface area contributed by atoms with Gasteiger partial charge in [0.15, 0.2) is 0 Å². The van der Waals surface area contributed by atoms with Crippen LogP contribution in [0.15, 0.2) is 18.2 Å². The van der Waals surface area contributed by atoms with E-state index in [2.05, 4.69) is 23.5 Å². The summed E-state index contributed by atoms with van der Waals surface area (Å²) in [6.45, 7) is 5.85. The van der Waals surface area contributed by atoms with Gasteiger partial charge in [0.25, 0.3) is 0 Å². The number of methoxy groups -OCH3 is 1. The Morgan fingerprint density at radius 2 is 2.29 bits per heavy atom. The van der Waals surface area contributed by atoms with Crippen LogP contribution in [0.25, 0.3) is 0 Å². The van der Waals surface area contributed by atoms with Gasteiger partial charge in [-0.2, -0.15) is 0 Å². The Morgan fingerprint density at radius 1 is 1.52 bits per heavy atom. The summed E-state index contributed by atoms with van der Waals surface area (Å²) in [7, 11) is 1.42. The van der Waals surface area contributed by atoms with Gasteiger partial charge in [0.2, 0.25) is 0 Å². The number of esters is 1. The minimum absolute atomic E-state index is 0.137. The molecular formula is C16H24N2O3. The molecule has 1 atom stereocenters. The highest BCUT2D eigenvalue weighted by molar-refractivity contribution is 5.76. The van der Waals surface area contributed by atoms with Crippen LogP contribution in [0.4, 0.5) is 11.4 Å². The molecule has 0 amide bonds. The number of anilines is 2. The average Bonchev–Trinajstić information content (AvgIpc) is 2.46. The van der Waals surface area contributed by atoms with E-state index in [0.29, 0.717) is 18.0 Å². The zero-order valence-electron chi connectivity index (χ0n) is 13.0. The Bertz CT molecular complexity index is 502. The number of nitrogen functional groups attached to an aromatic ring is 1. The van der Waals surface area contributed by atoms with Crippen molar-refractivity contribution < 1.29 is 14.3 Å². The molecular weight excluding hydrogens is 268 g/mol. The summed E-state index contributed by atoms with van der Waals surface area (Å²) in [5.41, 5.74) is 7.76. The SMILES string of the molecule is COC(=O)CCCN1CC(C(C)C)Oc2cccc(N)c21. The number of carbonyl (C=O) groups excluding carboxylic acids is 1. The molecule has 1 aromatic carbocycles. The summed E-state index contributed by atoms with van der Waals surface area (Å²) in [5.74, 6) is 1.07. The second-order valence-corrected chi connectivity index (χ2v) is 5.72. The first kappa shape index (κ1) is 15.5. The highest BCUT2D eigenvalue weighted by Crippen LogP contribution is 2.39. The van der Waals surface area contributed by atoms with E-state index in [1.807, 2.05) is 18.2 Å². The first-order chi connectivity index (χ1) is 10.0. The summed E-state index contributed by atoms with van der Waals surface area (Å²) in [6, 6.07) is 5.74. The quantitative estimate of drug-likeness (QED) is 0.667. The van der Waals surface area contributed by atoms with Gasteiger partial charge in [0.05, 0.1) is 19.3 Å². The minimum atomic E-state index is -0.176. The maximum Gasteiger partial charge on any atom is 0.305 e. The van der Waals surface area contributed by atoms with E-state index in [9.17, 15) is 4.79 Å². The predicted octanol–water partition coefficient (Wildman–Crippen LogP) is 2.45. The monoisotopic (exact) mass is 292 g/mol. The molecule has 1 aromatic rings. The molecule has 0 radical (unpaired) electrons. The van der Waals surface area contributed by atoms with Gasteiger partial charge in [0, 0.05) is 13.0 Å². The zero-order chi connectivity index (χ0) is 15.4. The van der Waals surface area contributed by atoms with Gasteiger partial charge < -0.3 is 20.1 Å². The molecule has 0 fully saturated rings. The van der Waals surface area contributed by atoms with E-state index in [1.54, 1.807) is 0 Å². The number of fused-ring (bicyclic) bond motifs is 1. The molecule has 5 nitrogen and oxygen atoms in total. The Labute approximate surface area is 126 Å². The summed E-state index contributed by atoms with van der Waals surface area (Å²) in [6.07, 6.45) is 1.30. The number of nitrogens with zero attached hydrogens (tertiary/aromatic N) is 1. The van der Waals surface area contributed by atoms with Gasteiger partial charge >= 0.3 is 5.97 Å². The summed E-state index contributed by atoms with van der Waals surface area (Å²) >= 11 is 0. The minimum Gasteiger partial charge on any atom is -0.486 e. The van der Waals surface area contributed by atoms with Crippen molar-refractivity contribution in [3.63, 3.8) is 0 Å². The normalized spacial score (nSPS) is 17.3. The van der Waals surface area contributed by atoms with Crippen LogP contribution in [0, 0.1) is 5.92 Å². The molecule has 0 spiro atoms. The van der Waals surface area contributed by atoms with Crippen molar-refractivity contribution in [2.24, 2.45) is 5.92 Å². The highest BCUT2D eigenvalue weighted by Gasteiger charge is 2.28. The molecule has 21 heavy (non-hydrogen) atoms. The van der Waals surface area contributed by atoms with E-state index < -0.39 is 0 Å². The number of hydrogen-bond acceptors (Lipinski definition) is 5. The zero-order valence-corrected chi connectivity index (χ0v) is 13.0. The largest absolute Gasteiger partial charge is 0.486 e. The molecule has 0 aromatic heterocycles. The number of carbonyl (C=O) groups is 1. The van der Waals surface area contributed by atoms with Crippen LogP contribution in [0.3, 0.4) is 0 Å². The summed E-state index contributed by atoms with van der Waals surface area (Å²) < 4.78 is 10.7. The highest BCUT2D eigenvalue weighted by atomic mass is 16.5.